The fraction of sp³-hybridized carbons (Fsp3) is 0.500. The first-order valence-corrected chi connectivity index (χ1v) is 6.66. The van der Waals surface area contributed by atoms with E-state index in [1.165, 1.54) is 0 Å². The molecule has 2 aliphatic rings. The molecule has 3 nitrogen and oxygen atoms in total. The average molecular weight is 280 g/mol. The van der Waals surface area contributed by atoms with E-state index in [1.54, 1.807) is 0 Å². The van der Waals surface area contributed by atoms with Crippen LogP contribution in [-0.4, -0.2) is 37.3 Å². The number of rotatable bonds is 0. The Kier molecular flexibility index (Phi) is 2.20. The van der Waals surface area contributed by atoms with Crippen molar-refractivity contribution in [1.82, 2.24) is 0 Å². The Hall–Kier alpha value is -0.330. The Morgan fingerprint density at radius 3 is 2.50 bits per heavy atom. The maximum absolute atomic E-state index is 11.3. The van der Waals surface area contributed by atoms with Crippen LogP contribution in [0.2, 0.25) is 4.47 Å². The summed E-state index contributed by atoms with van der Waals surface area (Å²) in [4.78, 5) is 22.4. The molecule has 2 fully saturated rings. The van der Waals surface area contributed by atoms with Crippen molar-refractivity contribution in [2.24, 2.45) is 0 Å². The summed E-state index contributed by atoms with van der Waals surface area (Å²) >= 11 is -0.467. The fourth-order valence-corrected chi connectivity index (χ4v) is 3.96. The Labute approximate surface area is 80.2 Å². The van der Waals surface area contributed by atoms with Gasteiger partial charge >= 0.3 is 80.1 Å². The first-order valence-electron chi connectivity index (χ1n) is 3.85. The van der Waals surface area contributed by atoms with Crippen LogP contribution in [0.3, 0.4) is 0 Å². The van der Waals surface area contributed by atoms with Gasteiger partial charge in [0.05, 0.1) is 0 Å². The van der Waals surface area contributed by atoms with Gasteiger partial charge < -0.3 is 0 Å². The van der Waals surface area contributed by atoms with Crippen LogP contribution in [0.15, 0.2) is 11.1 Å². The predicted octanol–water partition coefficient (Wildman–Crippen LogP) is 0.283. The van der Waals surface area contributed by atoms with Gasteiger partial charge in [0.2, 0.25) is 0 Å². The summed E-state index contributed by atoms with van der Waals surface area (Å²) in [6.45, 7) is 0.464. The zero-order chi connectivity index (χ0) is 8.55. The number of ether oxygens (including phenoxy) is 1. The standard InChI is InChI=1S/C8H8O3Te/c9-7-5(1-3-11-7)6-2-4-12-8(6)10/h1-4H2/b6-5+. The Morgan fingerprint density at radius 2 is 2.00 bits per heavy atom. The molecule has 0 aromatic rings. The summed E-state index contributed by atoms with van der Waals surface area (Å²) in [7, 11) is 0. The molecule has 0 atom stereocenters. The normalized spacial score (nSPS) is 29.7. The van der Waals surface area contributed by atoms with Gasteiger partial charge in [-0.1, -0.05) is 0 Å². The molecule has 64 valence electrons. The van der Waals surface area contributed by atoms with Gasteiger partial charge in [-0.3, -0.25) is 0 Å². The van der Waals surface area contributed by atoms with Gasteiger partial charge in [0.15, 0.2) is 0 Å². The maximum atomic E-state index is 11.3. The van der Waals surface area contributed by atoms with E-state index in [2.05, 4.69) is 0 Å². The minimum absolute atomic E-state index is 0.257. The van der Waals surface area contributed by atoms with Gasteiger partial charge in [0, 0.05) is 0 Å². The van der Waals surface area contributed by atoms with Crippen molar-refractivity contribution in [2.75, 3.05) is 6.61 Å². The summed E-state index contributed by atoms with van der Waals surface area (Å²) in [6.07, 6.45) is 1.47. The zero-order valence-electron chi connectivity index (χ0n) is 6.46. The van der Waals surface area contributed by atoms with E-state index in [-0.39, 0.29) is 9.80 Å². The van der Waals surface area contributed by atoms with E-state index in [0.29, 0.717) is 18.6 Å². The van der Waals surface area contributed by atoms with Gasteiger partial charge in [-0.15, -0.1) is 0 Å². The van der Waals surface area contributed by atoms with Crippen LogP contribution in [0.1, 0.15) is 12.8 Å². The third-order valence-electron chi connectivity index (χ3n) is 2.03. The van der Waals surface area contributed by atoms with Crippen molar-refractivity contribution < 1.29 is 14.3 Å². The molecule has 0 saturated carbocycles. The van der Waals surface area contributed by atoms with Gasteiger partial charge in [-0.25, -0.2) is 0 Å². The molecule has 0 amide bonds. The van der Waals surface area contributed by atoms with Crippen molar-refractivity contribution in [2.45, 2.75) is 17.3 Å². The summed E-state index contributed by atoms with van der Waals surface area (Å²) in [6, 6.07) is 0. The van der Waals surface area contributed by atoms with Crippen molar-refractivity contribution in [3.05, 3.63) is 11.1 Å². The molecular formula is C8H8O3Te. The van der Waals surface area contributed by atoms with Crippen LogP contribution in [-0.2, 0) is 14.3 Å². The molecule has 2 rings (SSSR count). The average Bonchev–Trinajstić information content (AvgIpc) is 2.59. The topological polar surface area (TPSA) is 43.4 Å². The second-order valence-electron chi connectivity index (χ2n) is 2.73. The van der Waals surface area contributed by atoms with Crippen LogP contribution >= 0.6 is 0 Å². The van der Waals surface area contributed by atoms with E-state index in [9.17, 15) is 9.59 Å². The van der Waals surface area contributed by atoms with Crippen LogP contribution in [0, 0.1) is 0 Å². The molecule has 2 aliphatic heterocycles. The molecule has 2 heterocycles. The third-order valence-corrected chi connectivity index (χ3v) is 4.64. The minimum atomic E-state index is -0.467. The number of allylic oxidation sites excluding steroid dienone is 1. The number of carbonyl (C=O) groups is 2. The summed E-state index contributed by atoms with van der Waals surface area (Å²) in [5.74, 6) is -0.257. The summed E-state index contributed by atoms with van der Waals surface area (Å²) in [5, 5.41) is 0. The molecule has 2 saturated heterocycles. The van der Waals surface area contributed by atoms with Crippen LogP contribution in [0.4, 0.5) is 0 Å². The molecule has 0 unspecified atom stereocenters. The summed E-state index contributed by atoms with van der Waals surface area (Å²) < 4.78 is 6.09. The van der Waals surface area contributed by atoms with Crippen LogP contribution in [0.5, 0.6) is 0 Å². The zero-order valence-corrected chi connectivity index (χ0v) is 8.79. The second-order valence-corrected chi connectivity index (χ2v) is 5.78. The molecular weight excluding hydrogens is 272 g/mol. The van der Waals surface area contributed by atoms with E-state index in [0.717, 1.165) is 16.5 Å². The Bertz CT molecular complexity index is 252. The van der Waals surface area contributed by atoms with E-state index < -0.39 is 20.9 Å². The quantitative estimate of drug-likeness (QED) is 0.364. The third kappa shape index (κ3) is 1.30. The Morgan fingerprint density at radius 1 is 1.17 bits per heavy atom. The molecule has 0 aromatic heterocycles. The molecule has 12 heavy (non-hydrogen) atoms. The molecule has 4 heteroatoms. The van der Waals surface area contributed by atoms with E-state index in [1.807, 2.05) is 0 Å². The molecule has 0 radical (unpaired) electrons. The van der Waals surface area contributed by atoms with Crippen molar-refractivity contribution in [1.29, 1.82) is 0 Å². The first kappa shape index (κ1) is 8.28. The number of hydrogen-bond donors (Lipinski definition) is 0. The molecule has 0 N–H and O–H groups in total. The van der Waals surface area contributed by atoms with Gasteiger partial charge in [0.1, 0.15) is 0 Å². The molecule has 0 bridgehead atoms. The first-order chi connectivity index (χ1) is 5.79. The fourth-order valence-electron chi connectivity index (χ4n) is 1.42. The predicted molar refractivity (Wildman–Crippen MR) is 42.8 cm³/mol. The van der Waals surface area contributed by atoms with Crippen molar-refractivity contribution in [3.63, 3.8) is 0 Å². The SMILES string of the molecule is O=C1OCC/C1=C1/CC[Te]C1=O. The number of hydrogen-bond acceptors (Lipinski definition) is 3. The van der Waals surface area contributed by atoms with E-state index in [4.69, 9.17) is 4.74 Å². The molecule has 0 aliphatic carbocycles. The molecule has 0 spiro atoms. The Balaban J connectivity index is 2.34. The number of cyclic esters (lactones) is 1. The summed E-state index contributed by atoms with van der Waals surface area (Å²) in [5.41, 5.74) is 1.46. The van der Waals surface area contributed by atoms with Gasteiger partial charge in [0.25, 0.3) is 0 Å². The monoisotopic (exact) mass is 282 g/mol. The van der Waals surface area contributed by atoms with Crippen molar-refractivity contribution in [3.8, 4) is 0 Å². The van der Waals surface area contributed by atoms with Crippen LogP contribution < -0.4 is 0 Å². The molecule has 0 aromatic carbocycles. The van der Waals surface area contributed by atoms with E-state index >= 15 is 0 Å². The number of esters is 1. The van der Waals surface area contributed by atoms with Crippen molar-refractivity contribution >= 4 is 30.7 Å². The van der Waals surface area contributed by atoms with Gasteiger partial charge in [-0.05, 0) is 0 Å². The van der Waals surface area contributed by atoms with Crippen LogP contribution in [0.25, 0.3) is 0 Å². The van der Waals surface area contributed by atoms with Gasteiger partial charge in [-0.2, -0.15) is 0 Å². The second kappa shape index (κ2) is 3.20. The number of carbonyl (C=O) groups excluding carboxylic acids is 2.